The number of hydrogen-bond donors (Lipinski definition) is 1. The molecule has 0 aromatic heterocycles. The fourth-order valence-electron chi connectivity index (χ4n) is 2.00. The Labute approximate surface area is 93.3 Å². The van der Waals surface area contributed by atoms with Crippen LogP contribution in [0.5, 0.6) is 0 Å². The predicted molar refractivity (Wildman–Crippen MR) is 63.4 cm³/mol. The molecule has 0 radical (unpaired) electrons. The molecule has 0 spiro atoms. The van der Waals surface area contributed by atoms with Gasteiger partial charge in [-0.2, -0.15) is 0 Å². The Morgan fingerprint density at radius 1 is 1.47 bits per heavy atom. The van der Waals surface area contributed by atoms with E-state index in [1.165, 1.54) is 12.8 Å². The van der Waals surface area contributed by atoms with E-state index in [2.05, 4.69) is 25.7 Å². The fraction of sp³-hybridized carbons (Fsp3) is 0.917. The highest BCUT2D eigenvalue weighted by Gasteiger charge is 2.23. The van der Waals surface area contributed by atoms with Crippen molar-refractivity contribution in [2.45, 2.75) is 33.6 Å². The smallest absolute Gasteiger partial charge is 0.101 e. The van der Waals surface area contributed by atoms with E-state index in [-0.39, 0.29) is 5.41 Å². The van der Waals surface area contributed by atoms with Gasteiger partial charge in [-0.3, -0.25) is 5.41 Å². The monoisotopic (exact) mass is 212 g/mol. The summed E-state index contributed by atoms with van der Waals surface area (Å²) in [6.07, 6.45) is 2.41. The normalized spacial score (nSPS) is 22.5. The van der Waals surface area contributed by atoms with Crippen molar-refractivity contribution >= 4 is 5.84 Å². The summed E-state index contributed by atoms with van der Waals surface area (Å²) in [7, 11) is 2.02. The molecule has 0 amide bonds. The maximum Gasteiger partial charge on any atom is 0.101 e. The molecule has 0 aromatic rings. The van der Waals surface area contributed by atoms with Crippen LogP contribution < -0.4 is 0 Å². The summed E-state index contributed by atoms with van der Waals surface area (Å²) >= 11 is 0. The summed E-state index contributed by atoms with van der Waals surface area (Å²) in [4.78, 5) is 2.07. The number of ether oxygens (including phenoxy) is 1. The third kappa shape index (κ3) is 3.82. The molecule has 1 atom stereocenters. The van der Waals surface area contributed by atoms with Gasteiger partial charge in [-0.05, 0) is 18.8 Å². The van der Waals surface area contributed by atoms with Gasteiger partial charge in [-0.25, -0.2) is 0 Å². The SMILES string of the molecule is CN(CC1CCCOC1)C(=N)C(C)(C)C. The second kappa shape index (κ2) is 4.97. The zero-order chi connectivity index (χ0) is 11.5. The Balaban J connectivity index is 2.40. The molecule has 1 N–H and O–H groups in total. The Morgan fingerprint density at radius 2 is 2.13 bits per heavy atom. The second-order valence-electron chi connectivity index (χ2n) is 5.56. The highest BCUT2D eigenvalue weighted by Crippen LogP contribution is 2.20. The molecule has 1 rings (SSSR count). The van der Waals surface area contributed by atoms with E-state index in [1.807, 2.05) is 7.05 Å². The number of hydrogen-bond acceptors (Lipinski definition) is 2. The zero-order valence-electron chi connectivity index (χ0n) is 10.5. The lowest BCUT2D eigenvalue weighted by Crippen LogP contribution is -2.40. The Morgan fingerprint density at radius 3 is 2.60 bits per heavy atom. The van der Waals surface area contributed by atoms with Gasteiger partial charge >= 0.3 is 0 Å². The molecule has 1 saturated heterocycles. The number of amidine groups is 1. The van der Waals surface area contributed by atoms with Gasteiger partial charge in [0, 0.05) is 25.6 Å². The van der Waals surface area contributed by atoms with Crippen LogP contribution in [0.4, 0.5) is 0 Å². The van der Waals surface area contributed by atoms with Crippen molar-refractivity contribution in [1.29, 1.82) is 5.41 Å². The minimum Gasteiger partial charge on any atom is -0.381 e. The van der Waals surface area contributed by atoms with Crippen molar-refractivity contribution in [1.82, 2.24) is 4.90 Å². The lowest BCUT2D eigenvalue weighted by molar-refractivity contribution is 0.0478. The van der Waals surface area contributed by atoms with Crippen molar-refractivity contribution in [2.24, 2.45) is 11.3 Å². The minimum absolute atomic E-state index is 0.0513. The van der Waals surface area contributed by atoms with E-state index >= 15 is 0 Å². The van der Waals surface area contributed by atoms with Gasteiger partial charge in [0.15, 0.2) is 0 Å². The van der Waals surface area contributed by atoms with Gasteiger partial charge in [-0.1, -0.05) is 20.8 Å². The van der Waals surface area contributed by atoms with Crippen molar-refractivity contribution in [3.63, 3.8) is 0 Å². The first-order valence-corrected chi connectivity index (χ1v) is 5.79. The van der Waals surface area contributed by atoms with Crippen molar-refractivity contribution < 1.29 is 4.74 Å². The molecule has 1 fully saturated rings. The number of rotatable bonds is 2. The summed E-state index contributed by atoms with van der Waals surface area (Å²) < 4.78 is 5.45. The largest absolute Gasteiger partial charge is 0.381 e. The van der Waals surface area contributed by atoms with Crippen LogP contribution in [0.3, 0.4) is 0 Å². The molecular formula is C12H24N2O. The molecule has 1 aliphatic rings. The first-order chi connectivity index (χ1) is 6.91. The van der Waals surface area contributed by atoms with Crippen LogP contribution in [-0.4, -0.2) is 37.5 Å². The van der Waals surface area contributed by atoms with Gasteiger partial charge in [0.2, 0.25) is 0 Å². The molecule has 0 saturated carbocycles. The van der Waals surface area contributed by atoms with Crippen LogP contribution >= 0.6 is 0 Å². The number of nitrogens with zero attached hydrogens (tertiary/aromatic N) is 1. The fourth-order valence-corrected chi connectivity index (χ4v) is 2.00. The Bertz CT molecular complexity index is 214. The van der Waals surface area contributed by atoms with E-state index in [1.54, 1.807) is 0 Å². The van der Waals surface area contributed by atoms with Crippen LogP contribution in [0.2, 0.25) is 0 Å². The summed E-state index contributed by atoms with van der Waals surface area (Å²) in [5.74, 6) is 1.32. The molecule has 15 heavy (non-hydrogen) atoms. The molecule has 3 nitrogen and oxygen atoms in total. The van der Waals surface area contributed by atoms with Crippen LogP contribution in [0.25, 0.3) is 0 Å². The van der Waals surface area contributed by atoms with Crippen LogP contribution in [0.15, 0.2) is 0 Å². The molecule has 0 aromatic carbocycles. The van der Waals surface area contributed by atoms with Gasteiger partial charge in [0.25, 0.3) is 0 Å². The van der Waals surface area contributed by atoms with Crippen LogP contribution in [-0.2, 0) is 4.74 Å². The molecule has 3 heteroatoms. The minimum atomic E-state index is -0.0513. The van der Waals surface area contributed by atoms with E-state index < -0.39 is 0 Å². The average Bonchev–Trinajstić information content (AvgIpc) is 2.16. The van der Waals surface area contributed by atoms with Gasteiger partial charge in [0.05, 0.1) is 6.61 Å². The molecule has 1 aliphatic heterocycles. The first kappa shape index (κ1) is 12.5. The second-order valence-corrected chi connectivity index (χ2v) is 5.56. The third-order valence-electron chi connectivity index (χ3n) is 2.88. The van der Waals surface area contributed by atoms with E-state index in [0.29, 0.717) is 11.8 Å². The maximum absolute atomic E-state index is 8.05. The average molecular weight is 212 g/mol. The standard InChI is InChI=1S/C12H24N2O/c1-12(2,3)11(13)14(4)8-10-6-5-7-15-9-10/h10,13H,5-9H2,1-4H3. The topological polar surface area (TPSA) is 36.3 Å². The summed E-state index contributed by atoms with van der Waals surface area (Å²) in [5, 5.41) is 8.05. The van der Waals surface area contributed by atoms with E-state index in [0.717, 1.165) is 19.8 Å². The summed E-state index contributed by atoms with van der Waals surface area (Å²) in [5.41, 5.74) is -0.0513. The van der Waals surface area contributed by atoms with Crippen molar-refractivity contribution in [3.8, 4) is 0 Å². The molecule has 88 valence electrons. The van der Waals surface area contributed by atoms with Crippen molar-refractivity contribution in [3.05, 3.63) is 0 Å². The summed E-state index contributed by atoms with van der Waals surface area (Å²) in [6.45, 7) is 8.99. The molecule has 0 bridgehead atoms. The lowest BCUT2D eigenvalue weighted by Gasteiger charge is -2.33. The van der Waals surface area contributed by atoms with Crippen LogP contribution in [0, 0.1) is 16.7 Å². The van der Waals surface area contributed by atoms with E-state index in [9.17, 15) is 0 Å². The third-order valence-corrected chi connectivity index (χ3v) is 2.88. The Hall–Kier alpha value is -0.570. The van der Waals surface area contributed by atoms with E-state index in [4.69, 9.17) is 10.1 Å². The molecular weight excluding hydrogens is 188 g/mol. The summed E-state index contributed by atoms with van der Waals surface area (Å²) in [6, 6.07) is 0. The Kier molecular flexibility index (Phi) is 4.14. The quantitative estimate of drug-likeness (QED) is 0.563. The van der Waals surface area contributed by atoms with Crippen molar-refractivity contribution in [2.75, 3.05) is 26.8 Å². The molecule has 1 unspecified atom stereocenters. The zero-order valence-corrected chi connectivity index (χ0v) is 10.5. The maximum atomic E-state index is 8.05. The highest BCUT2D eigenvalue weighted by molar-refractivity contribution is 5.84. The predicted octanol–water partition coefficient (Wildman–Crippen LogP) is 2.37. The highest BCUT2D eigenvalue weighted by atomic mass is 16.5. The first-order valence-electron chi connectivity index (χ1n) is 5.79. The van der Waals surface area contributed by atoms with Gasteiger partial charge < -0.3 is 9.64 Å². The van der Waals surface area contributed by atoms with Crippen LogP contribution in [0.1, 0.15) is 33.6 Å². The number of nitrogens with one attached hydrogen (secondary N) is 1. The van der Waals surface area contributed by atoms with Gasteiger partial charge in [-0.15, -0.1) is 0 Å². The molecule has 1 heterocycles. The lowest BCUT2D eigenvalue weighted by atomic mass is 9.93. The van der Waals surface area contributed by atoms with Gasteiger partial charge in [0.1, 0.15) is 5.84 Å². The molecule has 0 aliphatic carbocycles.